The van der Waals surface area contributed by atoms with Crippen molar-refractivity contribution < 1.29 is 0 Å². The third-order valence-corrected chi connectivity index (χ3v) is 8.98. The fourth-order valence-electron chi connectivity index (χ4n) is 7.13. The van der Waals surface area contributed by atoms with E-state index in [1.54, 1.807) is 0 Å². The van der Waals surface area contributed by atoms with Gasteiger partial charge in [0.15, 0.2) is 0 Å². The van der Waals surface area contributed by atoms with Crippen molar-refractivity contribution in [3.05, 3.63) is 164 Å². The van der Waals surface area contributed by atoms with E-state index >= 15 is 0 Å². The lowest BCUT2D eigenvalue weighted by Gasteiger charge is -2.14. The maximum absolute atomic E-state index is 2.45. The quantitative estimate of drug-likeness (QED) is 0.181. The van der Waals surface area contributed by atoms with Crippen molar-refractivity contribution in [2.45, 2.75) is 0 Å². The minimum atomic E-state index is 1.14. The number of hydrogen-bond acceptors (Lipinski definition) is 0. The lowest BCUT2D eigenvalue weighted by molar-refractivity contribution is 1.17. The maximum atomic E-state index is 2.45. The molecule has 0 atom stereocenters. The summed E-state index contributed by atoms with van der Waals surface area (Å²) in [6.45, 7) is 0. The van der Waals surface area contributed by atoms with Gasteiger partial charge in [0.05, 0.1) is 11.0 Å². The van der Waals surface area contributed by atoms with Gasteiger partial charge in [-0.1, -0.05) is 127 Å². The summed E-state index contributed by atoms with van der Waals surface area (Å²) in [6.07, 6.45) is 0. The largest absolute Gasteiger partial charge is 0.309 e. The molecule has 0 fully saturated rings. The molecule has 0 saturated carbocycles. The normalized spacial score (nSPS) is 11.7. The highest BCUT2D eigenvalue weighted by Crippen LogP contribution is 2.40. The fourth-order valence-corrected chi connectivity index (χ4v) is 7.13. The molecule has 0 N–H and O–H groups in total. The van der Waals surface area contributed by atoms with Gasteiger partial charge >= 0.3 is 0 Å². The zero-order valence-electron chi connectivity index (χ0n) is 23.5. The van der Waals surface area contributed by atoms with Crippen LogP contribution in [0.5, 0.6) is 0 Å². The van der Waals surface area contributed by atoms with Gasteiger partial charge in [-0.05, 0) is 90.3 Å². The highest BCUT2D eigenvalue weighted by atomic mass is 15.0. The van der Waals surface area contributed by atoms with E-state index in [1.165, 1.54) is 75.7 Å². The molecule has 1 heteroatoms. The Labute approximate surface area is 249 Å². The molecule has 0 aliphatic heterocycles. The Bertz CT molecular complexity index is 2610. The molecule has 1 heterocycles. The van der Waals surface area contributed by atoms with Crippen molar-refractivity contribution in [2.24, 2.45) is 0 Å². The predicted octanol–water partition coefficient (Wildman–Crippen LogP) is 11.7. The van der Waals surface area contributed by atoms with E-state index in [2.05, 4.69) is 168 Å². The molecule has 43 heavy (non-hydrogen) atoms. The molecular weight excluding hydrogens is 518 g/mol. The molecule has 1 nitrogen and oxygen atoms in total. The van der Waals surface area contributed by atoms with Gasteiger partial charge in [-0.2, -0.15) is 0 Å². The van der Waals surface area contributed by atoms with Crippen molar-refractivity contribution in [1.82, 2.24) is 4.57 Å². The third-order valence-electron chi connectivity index (χ3n) is 8.98. The summed E-state index contributed by atoms with van der Waals surface area (Å²) in [5.74, 6) is 0. The molecule has 9 rings (SSSR count). The van der Waals surface area contributed by atoms with Gasteiger partial charge in [0.2, 0.25) is 0 Å². The molecule has 200 valence electrons. The molecule has 1 aromatic heterocycles. The van der Waals surface area contributed by atoms with Crippen LogP contribution in [0, 0.1) is 0 Å². The first-order valence-corrected chi connectivity index (χ1v) is 14.9. The SMILES string of the molecule is c1ccc(-n2c3ccccc3c3ccccc3c3cc4c5ccccc5c5ccccc5c4cc3c3ccccc32)cc1. The van der Waals surface area contributed by atoms with E-state index in [0.717, 1.165) is 5.69 Å². The van der Waals surface area contributed by atoms with Crippen LogP contribution in [0.1, 0.15) is 0 Å². The van der Waals surface area contributed by atoms with Crippen molar-refractivity contribution in [1.29, 1.82) is 0 Å². The van der Waals surface area contributed by atoms with Crippen molar-refractivity contribution in [3.8, 4) is 5.69 Å². The molecule has 0 aliphatic carbocycles. The first-order chi connectivity index (χ1) is 21.4. The molecule has 0 amide bonds. The number of aromatic nitrogens is 1. The van der Waals surface area contributed by atoms with Crippen LogP contribution in [-0.2, 0) is 0 Å². The summed E-state index contributed by atoms with van der Waals surface area (Å²) in [5.41, 5.74) is 3.47. The molecule has 0 unspecified atom stereocenters. The van der Waals surface area contributed by atoms with Gasteiger partial charge < -0.3 is 4.57 Å². The minimum Gasteiger partial charge on any atom is -0.309 e. The Kier molecular flexibility index (Phi) is 5.27. The second-order valence-electron chi connectivity index (χ2n) is 11.3. The number of hydrogen-bond donors (Lipinski definition) is 0. The zero-order valence-corrected chi connectivity index (χ0v) is 23.5. The van der Waals surface area contributed by atoms with Gasteiger partial charge in [0.1, 0.15) is 0 Å². The molecule has 0 radical (unpaired) electrons. The Morgan fingerprint density at radius 3 is 0.953 bits per heavy atom. The molecule has 9 aromatic rings. The molecule has 0 saturated heterocycles. The van der Waals surface area contributed by atoms with Gasteiger partial charge in [-0.15, -0.1) is 0 Å². The average Bonchev–Trinajstić information content (AvgIpc) is 3.12. The maximum Gasteiger partial charge on any atom is 0.0540 e. The minimum absolute atomic E-state index is 1.14. The van der Waals surface area contributed by atoms with Crippen molar-refractivity contribution in [2.75, 3.05) is 0 Å². The summed E-state index contributed by atoms with van der Waals surface area (Å²) in [5, 5.41) is 15.1. The molecule has 0 bridgehead atoms. The van der Waals surface area contributed by atoms with Gasteiger partial charge in [-0.3, -0.25) is 0 Å². The summed E-state index contributed by atoms with van der Waals surface area (Å²) in [7, 11) is 0. The number of nitrogens with zero attached hydrogens (tertiary/aromatic N) is 1. The molecule has 0 spiro atoms. The molecule has 8 aromatic carbocycles. The van der Waals surface area contributed by atoms with Gasteiger partial charge in [0, 0.05) is 16.5 Å². The van der Waals surface area contributed by atoms with E-state index in [1.807, 2.05) is 0 Å². The first-order valence-electron chi connectivity index (χ1n) is 14.9. The Hall–Kier alpha value is -5.66. The van der Waals surface area contributed by atoms with Crippen molar-refractivity contribution in [3.63, 3.8) is 0 Å². The van der Waals surface area contributed by atoms with Crippen LogP contribution in [-0.4, -0.2) is 4.57 Å². The highest BCUT2D eigenvalue weighted by molar-refractivity contribution is 6.30. The summed E-state index contributed by atoms with van der Waals surface area (Å²) in [4.78, 5) is 0. The standard InChI is InChI=1S/C42H27N/c1-2-14-28(15-3-1)43-41-24-12-10-22-35(41)31-18-6-9-21-34(31)39-26-37-32-19-7-4-16-29(32)30-17-5-8-20-33(30)38(37)27-40(39)36-23-11-13-25-42(36)43/h1-27H. The highest BCUT2D eigenvalue weighted by Gasteiger charge is 2.14. The van der Waals surface area contributed by atoms with E-state index in [-0.39, 0.29) is 0 Å². The van der Waals surface area contributed by atoms with Crippen LogP contribution in [0.4, 0.5) is 0 Å². The van der Waals surface area contributed by atoms with E-state index < -0.39 is 0 Å². The lowest BCUT2D eigenvalue weighted by Crippen LogP contribution is -1.97. The Morgan fingerprint density at radius 1 is 0.233 bits per heavy atom. The Morgan fingerprint density at radius 2 is 0.512 bits per heavy atom. The number of fused-ring (bicyclic) bond motifs is 13. The van der Waals surface area contributed by atoms with Crippen LogP contribution in [0.25, 0.3) is 81.4 Å². The van der Waals surface area contributed by atoms with Gasteiger partial charge in [-0.25, -0.2) is 0 Å². The topological polar surface area (TPSA) is 4.93 Å². The van der Waals surface area contributed by atoms with Crippen molar-refractivity contribution >= 4 is 75.7 Å². The third kappa shape index (κ3) is 3.58. The average molecular weight is 546 g/mol. The molecule has 0 aliphatic rings. The van der Waals surface area contributed by atoms with Crippen LogP contribution in [0.2, 0.25) is 0 Å². The smallest absolute Gasteiger partial charge is 0.0540 e. The monoisotopic (exact) mass is 545 g/mol. The summed E-state index contributed by atoms with van der Waals surface area (Å²) >= 11 is 0. The first kappa shape index (κ1) is 24.0. The number of para-hydroxylation sites is 3. The van der Waals surface area contributed by atoms with Gasteiger partial charge in [0.25, 0.3) is 0 Å². The fraction of sp³-hybridized carbons (Fsp3) is 0. The van der Waals surface area contributed by atoms with Crippen LogP contribution < -0.4 is 0 Å². The Balaban J connectivity index is 1.67. The van der Waals surface area contributed by atoms with E-state index in [4.69, 9.17) is 0 Å². The van der Waals surface area contributed by atoms with Crippen LogP contribution >= 0.6 is 0 Å². The van der Waals surface area contributed by atoms with Crippen LogP contribution in [0.3, 0.4) is 0 Å². The lowest BCUT2D eigenvalue weighted by atomic mass is 9.91. The summed E-state index contributed by atoms with van der Waals surface area (Å²) < 4.78 is 2.43. The number of benzene rings is 8. The second-order valence-corrected chi connectivity index (χ2v) is 11.3. The summed E-state index contributed by atoms with van der Waals surface area (Å²) in [6, 6.07) is 60.0. The second kappa shape index (κ2) is 9.44. The van der Waals surface area contributed by atoms with Crippen LogP contribution in [0.15, 0.2) is 164 Å². The number of rotatable bonds is 1. The zero-order chi connectivity index (χ0) is 28.3. The predicted molar refractivity (Wildman–Crippen MR) is 186 cm³/mol. The van der Waals surface area contributed by atoms with E-state index in [0.29, 0.717) is 0 Å². The van der Waals surface area contributed by atoms with E-state index in [9.17, 15) is 0 Å². The molecular formula is C42H27N.